The molecular weight excluding hydrogens is 278 g/mol. The van der Waals surface area contributed by atoms with Gasteiger partial charge in [-0.05, 0) is 12.1 Å². The lowest BCUT2D eigenvalue weighted by molar-refractivity contribution is 0.740. The highest BCUT2D eigenvalue weighted by Gasteiger charge is 2.08. The molecule has 2 N–H and O–H groups in total. The number of rotatable bonds is 5. The van der Waals surface area contributed by atoms with Crippen molar-refractivity contribution in [1.82, 2.24) is 25.2 Å². The number of guanidine groups is 1. The van der Waals surface area contributed by atoms with Gasteiger partial charge in [-0.15, -0.1) is 0 Å². The van der Waals surface area contributed by atoms with E-state index in [1.807, 2.05) is 50.4 Å². The Hall–Kier alpha value is -2.57. The van der Waals surface area contributed by atoms with Crippen LogP contribution in [0.1, 0.15) is 11.4 Å². The van der Waals surface area contributed by atoms with Crippen LogP contribution in [0.25, 0.3) is 0 Å². The second-order valence-corrected chi connectivity index (χ2v) is 5.10. The van der Waals surface area contributed by atoms with E-state index in [0.717, 1.165) is 23.3 Å². The third kappa shape index (κ3) is 3.97. The van der Waals surface area contributed by atoms with Crippen LogP contribution in [0.4, 0.5) is 5.95 Å². The maximum atomic E-state index is 4.39. The largest absolute Gasteiger partial charge is 0.351 e. The molecule has 2 heterocycles. The SMILES string of the molecule is CN=C(NCc1ccccn1)NCc1cnc(N(C)C)n1C. The monoisotopic (exact) mass is 301 g/mol. The summed E-state index contributed by atoms with van der Waals surface area (Å²) in [6.07, 6.45) is 3.65. The number of pyridine rings is 1. The van der Waals surface area contributed by atoms with E-state index in [-0.39, 0.29) is 0 Å². The Morgan fingerprint density at radius 3 is 2.59 bits per heavy atom. The molecule has 0 aliphatic rings. The van der Waals surface area contributed by atoms with Gasteiger partial charge in [-0.1, -0.05) is 6.07 Å². The fraction of sp³-hybridized carbons (Fsp3) is 0.400. The molecule has 0 unspecified atom stereocenters. The van der Waals surface area contributed by atoms with E-state index < -0.39 is 0 Å². The molecule has 7 nitrogen and oxygen atoms in total. The first kappa shape index (κ1) is 15.8. The van der Waals surface area contributed by atoms with Crippen molar-refractivity contribution >= 4 is 11.9 Å². The van der Waals surface area contributed by atoms with Crippen LogP contribution in [0.3, 0.4) is 0 Å². The lowest BCUT2D eigenvalue weighted by Gasteiger charge is -2.14. The predicted octanol–water partition coefficient (Wildman–Crippen LogP) is 0.746. The molecule has 0 bridgehead atoms. The summed E-state index contributed by atoms with van der Waals surface area (Å²) in [5.74, 6) is 1.66. The molecule has 0 aliphatic carbocycles. The molecule has 118 valence electrons. The lowest BCUT2D eigenvalue weighted by Crippen LogP contribution is -2.36. The normalized spacial score (nSPS) is 11.4. The van der Waals surface area contributed by atoms with Crippen LogP contribution in [0.15, 0.2) is 35.6 Å². The average molecular weight is 301 g/mol. The summed E-state index contributed by atoms with van der Waals surface area (Å²) in [7, 11) is 7.71. The zero-order valence-corrected chi connectivity index (χ0v) is 13.5. The highest BCUT2D eigenvalue weighted by atomic mass is 15.3. The molecule has 0 saturated heterocycles. The van der Waals surface area contributed by atoms with E-state index in [2.05, 4.69) is 30.2 Å². The number of hydrogen-bond donors (Lipinski definition) is 2. The quantitative estimate of drug-likeness (QED) is 0.630. The maximum absolute atomic E-state index is 4.39. The summed E-state index contributed by atoms with van der Waals surface area (Å²) >= 11 is 0. The third-order valence-electron chi connectivity index (χ3n) is 3.28. The standard InChI is InChI=1S/C15H23N7/c1-16-14(18-9-12-7-5-6-8-17-12)19-10-13-11-20-15(21(2)3)22(13)4/h5-8,11H,9-10H2,1-4H3,(H2,16,18,19). The molecule has 0 fully saturated rings. The Bertz CT molecular complexity index is 616. The number of imidazole rings is 1. The number of hydrogen-bond acceptors (Lipinski definition) is 4. The minimum absolute atomic E-state index is 0.634. The van der Waals surface area contributed by atoms with Gasteiger partial charge in [-0.25, -0.2) is 4.98 Å². The number of aromatic nitrogens is 3. The zero-order valence-electron chi connectivity index (χ0n) is 13.5. The fourth-order valence-electron chi connectivity index (χ4n) is 2.09. The number of anilines is 1. The Morgan fingerprint density at radius 2 is 2.00 bits per heavy atom. The van der Waals surface area contributed by atoms with Crippen molar-refractivity contribution in [2.75, 3.05) is 26.0 Å². The van der Waals surface area contributed by atoms with Gasteiger partial charge >= 0.3 is 0 Å². The molecule has 0 aromatic carbocycles. The van der Waals surface area contributed by atoms with Crippen LogP contribution in [-0.2, 0) is 20.1 Å². The van der Waals surface area contributed by atoms with Gasteiger partial charge in [0.05, 0.1) is 30.7 Å². The topological polar surface area (TPSA) is 70.4 Å². The van der Waals surface area contributed by atoms with Crippen molar-refractivity contribution in [2.24, 2.45) is 12.0 Å². The number of aliphatic imine (C=N–C) groups is 1. The Kier molecular flexibility index (Phi) is 5.35. The van der Waals surface area contributed by atoms with Crippen molar-refractivity contribution < 1.29 is 0 Å². The second kappa shape index (κ2) is 7.44. The number of nitrogens with one attached hydrogen (secondary N) is 2. The molecule has 0 saturated carbocycles. The van der Waals surface area contributed by atoms with Crippen LogP contribution in [0.5, 0.6) is 0 Å². The molecule has 2 rings (SSSR count). The minimum atomic E-state index is 0.634. The first-order valence-electron chi connectivity index (χ1n) is 7.14. The average Bonchev–Trinajstić information content (AvgIpc) is 2.90. The van der Waals surface area contributed by atoms with Crippen molar-refractivity contribution in [3.8, 4) is 0 Å². The molecule has 0 radical (unpaired) electrons. The van der Waals surface area contributed by atoms with Gasteiger partial charge in [0.25, 0.3) is 0 Å². The first-order chi connectivity index (χ1) is 10.6. The van der Waals surface area contributed by atoms with Crippen molar-refractivity contribution in [3.05, 3.63) is 42.0 Å². The first-order valence-corrected chi connectivity index (χ1v) is 7.14. The third-order valence-corrected chi connectivity index (χ3v) is 3.28. The van der Waals surface area contributed by atoms with E-state index in [4.69, 9.17) is 0 Å². The molecule has 7 heteroatoms. The molecule has 2 aromatic heterocycles. The summed E-state index contributed by atoms with van der Waals surface area (Å²) in [6, 6.07) is 5.85. The van der Waals surface area contributed by atoms with Gasteiger partial charge in [0, 0.05) is 34.4 Å². The predicted molar refractivity (Wildman–Crippen MR) is 88.8 cm³/mol. The minimum Gasteiger partial charge on any atom is -0.351 e. The molecule has 2 aromatic rings. The van der Waals surface area contributed by atoms with Gasteiger partial charge in [0.1, 0.15) is 0 Å². The molecule has 0 spiro atoms. The lowest BCUT2D eigenvalue weighted by atomic mass is 10.3. The van der Waals surface area contributed by atoms with Crippen LogP contribution >= 0.6 is 0 Å². The summed E-state index contributed by atoms with van der Waals surface area (Å²) in [6.45, 7) is 1.29. The summed E-state index contributed by atoms with van der Waals surface area (Å²) in [5.41, 5.74) is 2.06. The smallest absolute Gasteiger partial charge is 0.204 e. The van der Waals surface area contributed by atoms with E-state index in [1.165, 1.54) is 0 Å². The highest BCUT2D eigenvalue weighted by Crippen LogP contribution is 2.10. The molecule has 0 atom stereocenters. The van der Waals surface area contributed by atoms with Crippen molar-refractivity contribution in [2.45, 2.75) is 13.1 Å². The van der Waals surface area contributed by atoms with Gasteiger partial charge in [-0.2, -0.15) is 0 Å². The molecule has 22 heavy (non-hydrogen) atoms. The van der Waals surface area contributed by atoms with E-state index in [9.17, 15) is 0 Å². The van der Waals surface area contributed by atoms with E-state index in [1.54, 1.807) is 13.2 Å². The molecular formula is C15H23N7. The van der Waals surface area contributed by atoms with Crippen molar-refractivity contribution in [3.63, 3.8) is 0 Å². The van der Waals surface area contributed by atoms with E-state index in [0.29, 0.717) is 13.1 Å². The van der Waals surface area contributed by atoms with Gasteiger partial charge in [0.2, 0.25) is 5.95 Å². The van der Waals surface area contributed by atoms with Crippen LogP contribution in [-0.4, -0.2) is 41.6 Å². The second-order valence-electron chi connectivity index (χ2n) is 5.10. The summed E-state index contributed by atoms with van der Waals surface area (Å²) in [5, 5.41) is 6.52. The zero-order chi connectivity index (χ0) is 15.9. The highest BCUT2D eigenvalue weighted by molar-refractivity contribution is 5.79. The van der Waals surface area contributed by atoms with Crippen molar-refractivity contribution in [1.29, 1.82) is 0 Å². The van der Waals surface area contributed by atoms with Crippen LogP contribution in [0, 0.1) is 0 Å². The van der Waals surface area contributed by atoms with Gasteiger partial charge in [0.15, 0.2) is 5.96 Å². The fourth-order valence-corrected chi connectivity index (χ4v) is 2.09. The van der Waals surface area contributed by atoms with E-state index >= 15 is 0 Å². The Labute approximate surface area is 131 Å². The maximum Gasteiger partial charge on any atom is 0.204 e. The summed E-state index contributed by atoms with van der Waals surface area (Å²) < 4.78 is 2.05. The Morgan fingerprint density at radius 1 is 1.23 bits per heavy atom. The van der Waals surface area contributed by atoms with Gasteiger partial charge in [-0.3, -0.25) is 9.98 Å². The summed E-state index contributed by atoms with van der Waals surface area (Å²) in [4.78, 5) is 14.9. The van der Waals surface area contributed by atoms with Gasteiger partial charge < -0.3 is 20.1 Å². The Balaban J connectivity index is 1.89. The van der Waals surface area contributed by atoms with Crippen LogP contribution in [0.2, 0.25) is 0 Å². The molecule has 0 amide bonds. The molecule has 0 aliphatic heterocycles. The van der Waals surface area contributed by atoms with Crippen LogP contribution < -0.4 is 15.5 Å². The number of nitrogens with zero attached hydrogens (tertiary/aromatic N) is 5.